The molecule has 1 fully saturated rings. The van der Waals surface area contributed by atoms with E-state index in [4.69, 9.17) is 0 Å². The van der Waals surface area contributed by atoms with Gasteiger partial charge in [-0.2, -0.15) is 0 Å². The van der Waals surface area contributed by atoms with Gasteiger partial charge in [0.25, 0.3) is 5.91 Å². The van der Waals surface area contributed by atoms with E-state index >= 15 is 0 Å². The summed E-state index contributed by atoms with van der Waals surface area (Å²) in [5.74, 6) is 0.841. The first-order valence-electron chi connectivity index (χ1n) is 10.1. The first-order valence-corrected chi connectivity index (χ1v) is 10.1. The number of nitrogens with one attached hydrogen (secondary N) is 1. The number of likely N-dealkylation sites (tertiary alicyclic amines) is 1. The predicted octanol–water partition coefficient (Wildman–Crippen LogP) is 5.03. The summed E-state index contributed by atoms with van der Waals surface area (Å²) < 4.78 is 0. The minimum atomic E-state index is -0.0123. The molecule has 0 aliphatic carbocycles. The molecule has 3 nitrogen and oxygen atoms in total. The van der Waals surface area contributed by atoms with Crippen LogP contribution in [-0.4, -0.2) is 23.9 Å². The molecule has 1 unspecified atom stereocenters. The van der Waals surface area contributed by atoms with Crippen molar-refractivity contribution in [3.8, 4) is 0 Å². The lowest BCUT2D eigenvalue weighted by Gasteiger charge is -2.30. The Morgan fingerprint density at radius 1 is 1.11 bits per heavy atom. The molecule has 0 spiro atoms. The van der Waals surface area contributed by atoms with E-state index < -0.39 is 0 Å². The minimum Gasteiger partial charge on any atom is -0.346 e. The van der Waals surface area contributed by atoms with E-state index in [1.54, 1.807) is 0 Å². The Bertz CT molecular complexity index is 773. The molecule has 1 aliphatic heterocycles. The van der Waals surface area contributed by atoms with Crippen molar-refractivity contribution in [1.29, 1.82) is 0 Å². The highest BCUT2D eigenvalue weighted by Gasteiger charge is 2.16. The zero-order valence-corrected chi connectivity index (χ0v) is 17.1. The largest absolute Gasteiger partial charge is 0.346 e. The Morgan fingerprint density at radius 2 is 1.78 bits per heavy atom. The monoisotopic (exact) mass is 364 g/mol. The minimum absolute atomic E-state index is 0.00702. The fourth-order valence-electron chi connectivity index (χ4n) is 3.82. The maximum absolute atomic E-state index is 12.6. The van der Waals surface area contributed by atoms with E-state index in [0.29, 0.717) is 0 Å². The average Bonchev–Trinajstić information content (AvgIpc) is 2.66. The van der Waals surface area contributed by atoms with E-state index in [1.807, 2.05) is 19.1 Å². The van der Waals surface area contributed by atoms with E-state index in [0.717, 1.165) is 18.0 Å². The van der Waals surface area contributed by atoms with Gasteiger partial charge in [0.15, 0.2) is 0 Å². The number of benzene rings is 2. The average molecular weight is 365 g/mol. The van der Waals surface area contributed by atoms with Gasteiger partial charge in [0.2, 0.25) is 0 Å². The second-order valence-corrected chi connectivity index (χ2v) is 8.21. The molecule has 1 aliphatic rings. The quantitative estimate of drug-likeness (QED) is 0.807. The van der Waals surface area contributed by atoms with Crippen LogP contribution in [-0.2, 0) is 6.54 Å². The van der Waals surface area contributed by atoms with Crippen molar-refractivity contribution in [2.45, 2.75) is 53.1 Å². The fourth-order valence-corrected chi connectivity index (χ4v) is 3.82. The molecule has 1 N–H and O–H groups in total. The third-order valence-electron chi connectivity index (χ3n) is 5.75. The Labute approximate surface area is 163 Å². The summed E-state index contributed by atoms with van der Waals surface area (Å²) in [6.07, 6.45) is 2.58. The number of aryl methyl sites for hydroxylation is 2. The number of carbonyl (C=O) groups is 1. The molecule has 27 heavy (non-hydrogen) atoms. The van der Waals surface area contributed by atoms with Gasteiger partial charge in [-0.05, 0) is 81.4 Å². The molecule has 3 rings (SSSR count). The molecular weight excluding hydrogens is 332 g/mol. The lowest BCUT2D eigenvalue weighted by atomic mass is 9.98. The number of amides is 1. The van der Waals surface area contributed by atoms with Crippen molar-refractivity contribution < 1.29 is 4.79 Å². The highest BCUT2D eigenvalue weighted by atomic mass is 16.1. The number of carbonyl (C=O) groups excluding carboxylic acids is 1. The standard InChI is InChI=1S/C24H32N2O/c1-17-11-13-26(14-12-17)16-21-7-9-22(10-8-21)24(27)25-20(4)23-15-18(2)5-6-19(23)3/h5-10,15,17,20H,11-14,16H2,1-4H3,(H,25,27). The van der Waals surface area contributed by atoms with Crippen LogP contribution in [0.5, 0.6) is 0 Å². The van der Waals surface area contributed by atoms with Gasteiger partial charge in [-0.3, -0.25) is 9.69 Å². The summed E-state index contributed by atoms with van der Waals surface area (Å²) in [7, 11) is 0. The highest BCUT2D eigenvalue weighted by Crippen LogP contribution is 2.20. The molecule has 2 aromatic carbocycles. The summed E-state index contributed by atoms with van der Waals surface area (Å²) in [6.45, 7) is 11.9. The molecule has 0 aromatic heterocycles. The number of hydrogen-bond acceptors (Lipinski definition) is 2. The number of nitrogens with zero attached hydrogens (tertiary/aromatic N) is 1. The van der Waals surface area contributed by atoms with Crippen LogP contribution >= 0.6 is 0 Å². The second kappa shape index (κ2) is 8.71. The van der Waals surface area contributed by atoms with Gasteiger partial charge < -0.3 is 5.32 Å². The summed E-state index contributed by atoms with van der Waals surface area (Å²) in [5.41, 5.74) is 5.61. The van der Waals surface area contributed by atoms with E-state index in [9.17, 15) is 4.79 Å². The van der Waals surface area contributed by atoms with E-state index in [2.05, 4.69) is 61.3 Å². The van der Waals surface area contributed by atoms with Gasteiger partial charge in [-0.1, -0.05) is 42.8 Å². The molecule has 1 saturated heterocycles. The molecule has 2 aromatic rings. The van der Waals surface area contributed by atoms with Crippen LogP contribution in [0, 0.1) is 19.8 Å². The zero-order valence-electron chi connectivity index (χ0n) is 17.1. The molecule has 0 radical (unpaired) electrons. The van der Waals surface area contributed by atoms with Crippen molar-refractivity contribution in [1.82, 2.24) is 10.2 Å². The Kier molecular flexibility index (Phi) is 6.33. The predicted molar refractivity (Wildman–Crippen MR) is 112 cm³/mol. The van der Waals surface area contributed by atoms with Gasteiger partial charge in [0.1, 0.15) is 0 Å². The molecule has 1 heterocycles. The van der Waals surface area contributed by atoms with Gasteiger partial charge in [0, 0.05) is 12.1 Å². The van der Waals surface area contributed by atoms with Crippen LogP contribution in [0.3, 0.4) is 0 Å². The maximum atomic E-state index is 12.6. The Balaban J connectivity index is 1.59. The van der Waals surface area contributed by atoms with Crippen LogP contribution in [0.4, 0.5) is 0 Å². The fraction of sp³-hybridized carbons (Fsp3) is 0.458. The smallest absolute Gasteiger partial charge is 0.251 e. The molecule has 1 atom stereocenters. The van der Waals surface area contributed by atoms with Crippen LogP contribution in [0.2, 0.25) is 0 Å². The molecule has 144 valence electrons. The van der Waals surface area contributed by atoms with E-state index in [1.165, 1.54) is 48.2 Å². The number of rotatable bonds is 5. The summed E-state index contributed by atoms with van der Waals surface area (Å²) >= 11 is 0. The van der Waals surface area contributed by atoms with Gasteiger partial charge in [-0.25, -0.2) is 0 Å². The summed E-state index contributed by atoms with van der Waals surface area (Å²) in [4.78, 5) is 15.2. The Morgan fingerprint density at radius 3 is 2.44 bits per heavy atom. The third kappa shape index (κ3) is 5.20. The van der Waals surface area contributed by atoms with Crippen molar-refractivity contribution in [3.05, 3.63) is 70.3 Å². The normalized spacial score (nSPS) is 16.9. The lowest BCUT2D eigenvalue weighted by molar-refractivity contribution is 0.0939. The van der Waals surface area contributed by atoms with Gasteiger partial charge >= 0.3 is 0 Å². The van der Waals surface area contributed by atoms with Crippen LogP contribution in [0.15, 0.2) is 42.5 Å². The third-order valence-corrected chi connectivity index (χ3v) is 5.75. The highest BCUT2D eigenvalue weighted by molar-refractivity contribution is 5.94. The first-order chi connectivity index (χ1) is 12.9. The van der Waals surface area contributed by atoms with Gasteiger partial charge in [-0.15, -0.1) is 0 Å². The van der Waals surface area contributed by atoms with Gasteiger partial charge in [0.05, 0.1) is 6.04 Å². The van der Waals surface area contributed by atoms with Crippen LogP contribution in [0.1, 0.15) is 65.3 Å². The Hall–Kier alpha value is -2.13. The number of hydrogen-bond donors (Lipinski definition) is 1. The van der Waals surface area contributed by atoms with E-state index in [-0.39, 0.29) is 11.9 Å². The van der Waals surface area contributed by atoms with Crippen molar-refractivity contribution >= 4 is 5.91 Å². The lowest BCUT2D eigenvalue weighted by Crippen LogP contribution is -2.32. The van der Waals surface area contributed by atoms with Crippen molar-refractivity contribution in [2.75, 3.05) is 13.1 Å². The topological polar surface area (TPSA) is 32.3 Å². The summed E-state index contributed by atoms with van der Waals surface area (Å²) in [6, 6.07) is 14.5. The summed E-state index contributed by atoms with van der Waals surface area (Å²) in [5, 5.41) is 3.14. The van der Waals surface area contributed by atoms with Crippen LogP contribution in [0.25, 0.3) is 0 Å². The number of piperidine rings is 1. The maximum Gasteiger partial charge on any atom is 0.251 e. The molecule has 3 heteroatoms. The molecule has 0 saturated carbocycles. The second-order valence-electron chi connectivity index (χ2n) is 8.21. The molecule has 1 amide bonds. The van der Waals surface area contributed by atoms with Crippen molar-refractivity contribution in [2.24, 2.45) is 5.92 Å². The first kappa shape index (κ1) is 19.6. The molecule has 0 bridgehead atoms. The molecular formula is C24H32N2O. The SMILES string of the molecule is Cc1ccc(C)c(C(C)NC(=O)c2ccc(CN3CCC(C)CC3)cc2)c1. The zero-order chi connectivity index (χ0) is 19.4. The van der Waals surface area contributed by atoms with Crippen LogP contribution < -0.4 is 5.32 Å². The van der Waals surface area contributed by atoms with Crippen molar-refractivity contribution in [3.63, 3.8) is 0 Å².